The fourth-order valence-corrected chi connectivity index (χ4v) is 3.22. The first kappa shape index (κ1) is 19.3. The zero-order chi connectivity index (χ0) is 18.2. The number of nitrogens with one attached hydrogen (secondary N) is 2. The molecule has 2 rings (SSSR count). The first-order chi connectivity index (χ1) is 12.0. The summed E-state index contributed by atoms with van der Waals surface area (Å²) in [5.74, 6) is 1.13. The number of hydrogen-bond donors (Lipinski definition) is 2. The number of aliphatic imine (C=N–C) groups is 1. The van der Waals surface area contributed by atoms with Crippen LogP contribution in [0.4, 0.5) is 0 Å². The van der Waals surface area contributed by atoms with Crippen LogP contribution < -0.4 is 10.6 Å². The van der Waals surface area contributed by atoms with E-state index in [0.29, 0.717) is 6.42 Å². The summed E-state index contributed by atoms with van der Waals surface area (Å²) in [7, 11) is 1.98. The molecule has 1 aromatic heterocycles. The zero-order valence-electron chi connectivity index (χ0n) is 16.1. The van der Waals surface area contributed by atoms with Crippen LogP contribution in [-0.4, -0.2) is 59.3 Å². The zero-order valence-corrected chi connectivity index (χ0v) is 16.1. The number of likely N-dealkylation sites (tertiary alicyclic amines) is 1. The molecule has 0 radical (unpaired) electrons. The van der Waals surface area contributed by atoms with E-state index >= 15 is 0 Å². The van der Waals surface area contributed by atoms with Gasteiger partial charge in [-0.15, -0.1) is 0 Å². The van der Waals surface area contributed by atoms with E-state index in [1.54, 1.807) is 0 Å². The second-order valence-electron chi connectivity index (χ2n) is 6.55. The fraction of sp³-hybridized carbons (Fsp3) is 0.722. The van der Waals surface area contributed by atoms with Crippen molar-refractivity contribution in [3.63, 3.8) is 0 Å². The summed E-state index contributed by atoms with van der Waals surface area (Å²) < 4.78 is 1.93. The van der Waals surface area contributed by atoms with Crippen molar-refractivity contribution in [2.75, 3.05) is 32.7 Å². The molecule has 0 aromatic carbocycles. The lowest BCUT2D eigenvalue weighted by Gasteiger charge is -2.15. The third-order valence-corrected chi connectivity index (χ3v) is 4.70. The number of rotatable bonds is 8. The van der Waals surface area contributed by atoms with E-state index in [1.807, 2.05) is 16.6 Å². The summed E-state index contributed by atoms with van der Waals surface area (Å²) in [6.07, 6.45) is 3.54. The maximum atomic E-state index is 11.6. The Morgan fingerprint density at radius 1 is 1.32 bits per heavy atom. The Morgan fingerprint density at radius 2 is 2.12 bits per heavy atom. The van der Waals surface area contributed by atoms with Gasteiger partial charge in [-0.25, -0.2) is 0 Å². The number of carbonyl (C=O) groups excluding carboxylic acids is 1. The predicted molar refractivity (Wildman–Crippen MR) is 101 cm³/mol. The van der Waals surface area contributed by atoms with Crippen molar-refractivity contribution in [1.29, 1.82) is 0 Å². The smallest absolute Gasteiger partial charge is 0.222 e. The molecule has 140 valence electrons. The number of aryl methyl sites for hydroxylation is 2. The molecule has 25 heavy (non-hydrogen) atoms. The van der Waals surface area contributed by atoms with Gasteiger partial charge in [0, 0.05) is 51.9 Å². The van der Waals surface area contributed by atoms with Gasteiger partial charge in [0.1, 0.15) is 0 Å². The van der Waals surface area contributed by atoms with E-state index < -0.39 is 0 Å². The Morgan fingerprint density at radius 3 is 2.72 bits per heavy atom. The molecule has 2 heterocycles. The quantitative estimate of drug-likeness (QED) is 0.420. The first-order valence-electron chi connectivity index (χ1n) is 9.32. The molecular weight excluding hydrogens is 316 g/mol. The summed E-state index contributed by atoms with van der Waals surface area (Å²) >= 11 is 0. The minimum atomic E-state index is 0.288. The van der Waals surface area contributed by atoms with Crippen molar-refractivity contribution < 1.29 is 4.79 Å². The van der Waals surface area contributed by atoms with E-state index in [9.17, 15) is 4.79 Å². The minimum absolute atomic E-state index is 0.288. The van der Waals surface area contributed by atoms with Gasteiger partial charge in [-0.3, -0.25) is 14.5 Å². The Kier molecular flexibility index (Phi) is 7.28. The fourth-order valence-electron chi connectivity index (χ4n) is 3.22. The van der Waals surface area contributed by atoms with Crippen molar-refractivity contribution in [2.45, 2.75) is 46.5 Å². The lowest BCUT2D eigenvalue weighted by Crippen LogP contribution is -2.38. The highest BCUT2D eigenvalue weighted by Gasteiger charge is 2.18. The maximum Gasteiger partial charge on any atom is 0.222 e. The average Bonchev–Trinajstić information content (AvgIpc) is 3.09. The van der Waals surface area contributed by atoms with E-state index in [-0.39, 0.29) is 5.91 Å². The Bertz CT molecular complexity index is 607. The average molecular weight is 348 g/mol. The molecule has 1 saturated heterocycles. The van der Waals surface area contributed by atoms with Crippen molar-refractivity contribution in [3.05, 3.63) is 17.0 Å². The molecule has 0 atom stereocenters. The van der Waals surface area contributed by atoms with Gasteiger partial charge in [0.25, 0.3) is 0 Å². The predicted octanol–water partition coefficient (Wildman–Crippen LogP) is 1.15. The van der Waals surface area contributed by atoms with Gasteiger partial charge in [-0.05, 0) is 45.6 Å². The number of guanidine groups is 1. The number of aromatic nitrogens is 2. The third-order valence-electron chi connectivity index (χ3n) is 4.70. The molecule has 7 heteroatoms. The van der Waals surface area contributed by atoms with Gasteiger partial charge in [-0.2, -0.15) is 5.10 Å². The molecule has 7 nitrogen and oxygen atoms in total. The molecule has 1 fully saturated rings. The SMILES string of the molecule is CCNC(=NCCCN1CCCC1=O)NCCc1c(C)nn(C)c1C. The molecule has 1 aromatic rings. The largest absolute Gasteiger partial charge is 0.357 e. The molecule has 0 aliphatic carbocycles. The van der Waals surface area contributed by atoms with Gasteiger partial charge < -0.3 is 15.5 Å². The molecule has 1 aliphatic heterocycles. The van der Waals surface area contributed by atoms with E-state index in [4.69, 9.17) is 0 Å². The lowest BCUT2D eigenvalue weighted by molar-refractivity contribution is -0.127. The van der Waals surface area contributed by atoms with Gasteiger partial charge in [0.05, 0.1) is 5.69 Å². The molecule has 0 unspecified atom stereocenters. The van der Waals surface area contributed by atoms with Crippen LogP contribution in [0, 0.1) is 13.8 Å². The maximum absolute atomic E-state index is 11.6. The van der Waals surface area contributed by atoms with Crippen LogP contribution in [0.3, 0.4) is 0 Å². The van der Waals surface area contributed by atoms with Crippen molar-refractivity contribution in [3.8, 4) is 0 Å². The minimum Gasteiger partial charge on any atom is -0.357 e. The highest BCUT2D eigenvalue weighted by Crippen LogP contribution is 2.12. The van der Waals surface area contributed by atoms with Gasteiger partial charge in [-0.1, -0.05) is 0 Å². The van der Waals surface area contributed by atoms with Crippen molar-refractivity contribution in [1.82, 2.24) is 25.3 Å². The van der Waals surface area contributed by atoms with Crippen LogP contribution in [0.15, 0.2) is 4.99 Å². The molecule has 1 aliphatic rings. The summed E-state index contributed by atoms with van der Waals surface area (Å²) in [5.41, 5.74) is 3.62. The molecule has 2 N–H and O–H groups in total. The third kappa shape index (κ3) is 5.47. The highest BCUT2D eigenvalue weighted by atomic mass is 16.2. The number of nitrogens with zero attached hydrogens (tertiary/aromatic N) is 4. The standard InChI is InChI=1S/C18H32N6O/c1-5-19-18(20-10-7-13-24-12-6-8-17(24)25)21-11-9-16-14(2)22-23(4)15(16)3/h5-13H2,1-4H3,(H2,19,20,21). The summed E-state index contributed by atoms with van der Waals surface area (Å²) in [6.45, 7) is 10.3. The van der Waals surface area contributed by atoms with Crippen LogP contribution in [0.25, 0.3) is 0 Å². The second kappa shape index (κ2) is 9.44. The first-order valence-corrected chi connectivity index (χ1v) is 9.32. The summed E-state index contributed by atoms with van der Waals surface area (Å²) in [6, 6.07) is 0. The van der Waals surface area contributed by atoms with Crippen LogP contribution >= 0.6 is 0 Å². The van der Waals surface area contributed by atoms with Crippen molar-refractivity contribution in [2.24, 2.45) is 12.0 Å². The van der Waals surface area contributed by atoms with Crippen LogP contribution in [0.5, 0.6) is 0 Å². The number of carbonyl (C=O) groups is 1. The van der Waals surface area contributed by atoms with E-state index in [0.717, 1.165) is 63.6 Å². The van der Waals surface area contributed by atoms with E-state index in [2.05, 4.69) is 41.5 Å². The van der Waals surface area contributed by atoms with Crippen LogP contribution in [0.1, 0.15) is 43.1 Å². The number of hydrogen-bond acceptors (Lipinski definition) is 3. The molecular formula is C18H32N6O. The second-order valence-corrected chi connectivity index (χ2v) is 6.55. The Balaban J connectivity index is 1.76. The lowest BCUT2D eigenvalue weighted by atomic mass is 10.1. The van der Waals surface area contributed by atoms with Gasteiger partial charge in [0.2, 0.25) is 5.91 Å². The van der Waals surface area contributed by atoms with E-state index in [1.165, 1.54) is 11.3 Å². The topological polar surface area (TPSA) is 74.6 Å². The molecule has 0 spiro atoms. The van der Waals surface area contributed by atoms with Crippen LogP contribution in [-0.2, 0) is 18.3 Å². The summed E-state index contributed by atoms with van der Waals surface area (Å²) in [5, 5.41) is 11.1. The Labute approximate surface area is 150 Å². The highest BCUT2D eigenvalue weighted by molar-refractivity contribution is 5.79. The molecule has 0 saturated carbocycles. The number of amides is 1. The summed E-state index contributed by atoms with van der Waals surface area (Å²) in [4.78, 5) is 18.2. The van der Waals surface area contributed by atoms with Gasteiger partial charge >= 0.3 is 0 Å². The monoisotopic (exact) mass is 348 g/mol. The molecule has 0 bridgehead atoms. The molecule has 1 amide bonds. The van der Waals surface area contributed by atoms with Gasteiger partial charge in [0.15, 0.2) is 5.96 Å². The Hall–Kier alpha value is -2.05. The van der Waals surface area contributed by atoms with Crippen LogP contribution in [0.2, 0.25) is 0 Å². The normalized spacial score (nSPS) is 15.1. The van der Waals surface area contributed by atoms with Crippen molar-refractivity contribution >= 4 is 11.9 Å².